The smallest absolute Gasteiger partial charge is 0.244 e. The molecular formula is C19H17ClN2O2S. The van der Waals surface area contributed by atoms with E-state index >= 15 is 0 Å². The van der Waals surface area contributed by atoms with Crippen molar-refractivity contribution in [1.82, 2.24) is 4.90 Å². The Kier molecular flexibility index (Phi) is 5.46. The largest absolute Gasteiger partial charge is 0.324 e. The van der Waals surface area contributed by atoms with E-state index in [9.17, 15) is 9.59 Å². The predicted octanol–water partition coefficient (Wildman–Crippen LogP) is 4.16. The van der Waals surface area contributed by atoms with Gasteiger partial charge >= 0.3 is 0 Å². The van der Waals surface area contributed by atoms with Crippen molar-refractivity contribution in [3.63, 3.8) is 0 Å². The molecule has 128 valence electrons. The van der Waals surface area contributed by atoms with Gasteiger partial charge in [-0.1, -0.05) is 48.0 Å². The Bertz CT molecular complexity index is 837. The van der Waals surface area contributed by atoms with Crippen LogP contribution in [0.1, 0.15) is 11.1 Å². The molecule has 3 rings (SSSR count). The molecule has 0 saturated heterocycles. The third-order valence-corrected chi connectivity index (χ3v) is 4.88. The molecule has 0 aliphatic carbocycles. The Hall–Kier alpha value is -2.24. The summed E-state index contributed by atoms with van der Waals surface area (Å²) in [7, 11) is 0. The zero-order chi connectivity index (χ0) is 17.8. The number of carbonyl (C=O) groups excluding carboxylic acids is 2. The minimum Gasteiger partial charge on any atom is -0.324 e. The van der Waals surface area contributed by atoms with Crippen molar-refractivity contribution < 1.29 is 9.59 Å². The zero-order valence-electron chi connectivity index (χ0n) is 13.7. The van der Waals surface area contributed by atoms with Crippen LogP contribution in [0.3, 0.4) is 0 Å². The minimum absolute atomic E-state index is 0.0356. The lowest BCUT2D eigenvalue weighted by molar-refractivity contribution is -0.129. The van der Waals surface area contributed by atoms with Crippen LogP contribution in [0.15, 0.2) is 53.9 Å². The van der Waals surface area contributed by atoms with Crippen LogP contribution in [0.5, 0.6) is 0 Å². The van der Waals surface area contributed by atoms with Gasteiger partial charge in [-0.25, -0.2) is 0 Å². The highest BCUT2D eigenvalue weighted by molar-refractivity contribution is 8.03. The van der Waals surface area contributed by atoms with E-state index in [0.717, 1.165) is 16.8 Å². The minimum atomic E-state index is -0.257. The summed E-state index contributed by atoms with van der Waals surface area (Å²) in [6.45, 7) is 1.86. The third kappa shape index (κ3) is 4.24. The second-order valence-electron chi connectivity index (χ2n) is 5.67. The second kappa shape index (κ2) is 7.76. The average molecular weight is 373 g/mol. The van der Waals surface area contributed by atoms with E-state index in [-0.39, 0.29) is 18.4 Å². The first kappa shape index (κ1) is 17.6. The SMILES string of the molecule is Cc1ccc(Cl)cc1NC(=O)CN1C(=O)CSC=C1c1ccccc1. The number of nitrogens with one attached hydrogen (secondary N) is 1. The number of aryl methyl sites for hydroxylation is 1. The highest BCUT2D eigenvalue weighted by atomic mass is 35.5. The summed E-state index contributed by atoms with van der Waals surface area (Å²) in [5.41, 5.74) is 3.23. The number of anilines is 1. The predicted molar refractivity (Wildman–Crippen MR) is 103 cm³/mol. The number of carbonyl (C=O) groups is 2. The van der Waals surface area contributed by atoms with Gasteiger partial charge in [-0.15, -0.1) is 11.8 Å². The Morgan fingerprint density at radius 1 is 1.24 bits per heavy atom. The van der Waals surface area contributed by atoms with Gasteiger partial charge in [-0.05, 0) is 35.6 Å². The average Bonchev–Trinajstić information content (AvgIpc) is 2.60. The third-order valence-electron chi connectivity index (χ3n) is 3.84. The van der Waals surface area contributed by atoms with Crippen molar-refractivity contribution in [1.29, 1.82) is 0 Å². The summed E-state index contributed by atoms with van der Waals surface area (Å²) in [4.78, 5) is 26.4. The van der Waals surface area contributed by atoms with Crippen molar-refractivity contribution in [3.05, 3.63) is 70.1 Å². The van der Waals surface area contributed by atoms with Gasteiger partial charge in [0.2, 0.25) is 11.8 Å². The number of nitrogens with zero attached hydrogens (tertiary/aromatic N) is 1. The van der Waals surface area contributed by atoms with Crippen LogP contribution < -0.4 is 5.32 Å². The molecule has 0 aromatic heterocycles. The molecule has 0 atom stereocenters. The summed E-state index contributed by atoms with van der Waals surface area (Å²) in [5, 5.41) is 5.32. The highest BCUT2D eigenvalue weighted by Gasteiger charge is 2.25. The number of rotatable bonds is 4. The van der Waals surface area contributed by atoms with Gasteiger partial charge in [-0.3, -0.25) is 9.59 Å². The summed E-state index contributed by atoms with van der Waals surface area (Å²) >= 11 is 7.43. The van der Waals surface area contributed by atoms with Crippen LogP contribution in [0.4, 0.5) is 5.69 Å². The molecule has 2 amide bonds. The molecule has 2 aromatic carbocycles. The van der Waals surface area contributed by atoms with Crippen LogP contribution in [-0.2, 0) is 9.59 Å². The van der Waals surface area contributed by atoms with Crippen LogP contribution in [-0.4, -0.2) is 29.0 Å². The van der Waals surface area contributed by atoms with Gasteiger partial charge in [0.15, 0.2) is 0 Å². The molecule has 1 heterocycles. The summed E-state index contributed by atoms with van der Waals surface area (Å²) < 4.78 is 0. The van der Waals surface area contributed by atoms with Crippen LogP contribution in [0.25, 0.3) is 5.70 Å². The van der Waals surface area contributed by atoms with Gasteiger partial charge in [0.1, 0.15) is 6.54 Å². The van der Waals surface area contributed by atoms with Gasteiger partial charge in [0, 0.05) is 10.7 Å². The van der Waals surface area contributed by atoms with Gasteiger partial charge in [0.25, 0.3) is 0 Å². The lowest BCUT2D eigenvalue weighted by Crippen LogP contribution is -2.39. The molecule has 2 aromatic rings. The number of benzene rings is 2. The lowest BCUT2D eigenvalue weighted by Gasteiger charge is -2.28. The van der Waals surface area contributed by atoms with E-state index in [1.54, 1.807) is 12.1 Å². The number of thioether (sulfide) groups is 1. The van der Waals surface area contributed by atoms with Crippen LogP contribution >= 0.6 is 23.4 Å². The number of hydrogen-bond acceptors (Lipinski definition) is 3. The van der Waals surface area contributed by atoms with E-state index in [2.05, 4.69) is 5.32 Å². The molecule has 1 N–H and O–H groups in total. The topological polar surface area (TPSA) is 49.4 Å². The molecule has 0 radical (unpaired) electrons. The first-order valence-electron chi connectivity index (χ1n) is 7.78. The zero-order valence-corrected chi connectivity index (χ0v) is 15.2. The maximum Gasteiger partial charge on any atom is 0.244 e. The lowest BCUT2D eigenvalue weighted by atomic mass is 10.1. The first-order chi connectivity index (χ1) is 12.0. The molecule has 1 aliphatic rings. The molecule has 0 unspecified atom stereocenters. The van der Waals surface area contributed by atoms with Gasteiger partial charge in [-0.2, -0.15) is 0 Å². The molecule has 0 bridgehead atoms. The fourth-order valence-corrected chi connectivity index (χ4v) is 3.51. The Balaban J connectivity index is 1.78. The summed E-state index contributed by atoms with van der Waals surface area (Å²) in [6, 6.07) is 14.9. The highest BCUT2D eigenvalue weighted by Crippen LogP contribution is 2.28. The van der Waals surface area contributed by atoms with Crippen molar-refractivity contribution >= 4 is 46.6 Å². The normalized spacial score (nSPS) is 14.2. The Morgan fingerprint density at radius 3 is 2.76 bits per heavy atom. The maximum absolute atomic E-state index is 12.5. The number of hydrogen-bond donors (Lipinski definition) is 1. The molecule has 0 spiro atoms. The quantitative estimate of drug-likeness (QED) is 0.876. The molecule has 6 heteroatoms. The Morgan fingerprint density at radius 2 is 2.00 bits per heavy atom. The van der Waals surface area contributed by atoms with Crippen molar-refractivity contribution in [2.45, 2.75) is 6.92 Å². The number of halogens is 1. The van der Waals surface area contributed by atoms with Crippen molar-refractivity contribution in [2.75, 3.05) is 17.6 Å². The fraction of sp³-hybridized carbons (Fsp3) is 0.158. The fourth-order valence-electron chi connectivity index (χ4n) is 2.54. The van der Waals surface area contributed by atoms with Gasteiger partial charge < -0.3 is 10.2 Å². The van der Waals surface area contributed by atoms with E-state index in [0.29, 0.717) is 16.5 Å². The maximum atomic E-state index is 12.5. The van der Waals surface area contributed by atoms with Crippen LogP contribution in [0, 0.1) is 6.92 Å². The van der Waals surface area contributed by atoms with E-state index in [4.69, 9.17) is 11.6 Å². The first-order valence-corrected chi connectivity index (χ1v) is 9.21. The molecule has 25 heavy (non-hydrogen) atoms. The molecule has 0 fully saturated rings. The van der Waals surface area contributed by atoms with Crippen LogP contribution in [0.2, 0.25) is 5.02 Å². The monoisotopic (exact) mass is 372 g/mol. The second-order valence-corrected chi connectivity index (χ2v) is 6.96. The van der Waals surface area contributed by atoms with E-state index in [1.165, 1.54) is 16.7 Å². The molecule has 0 saturated carbocycles. The standard InChI is InChI=1S/C19H17ClN2O2S/c1-13-7-8-15(20)9-16(13)21-18(23)10-22-17(11-25-12-19(22)24)14-5-3-2-4-6-14/h2-9,11H,10,12H2,1H3,(H,21,23). The van der Waals surface area contributed by atoms with E-state index < -0.39 is 0 Å². The molecular weight excluding hydrogens is 356 g/mol. The summed E-state index contributed by atoms with van der Waals surface area (Å²) in [6.07, 6.45) is 0. The molecule has 4 nitrogen and oxygen atoms in total. The number of amides is 2. The van der Waals surface area contributed by atoms with Crippen molar-refractivity contribution in [3.8, 4) is 0 Å². The summed E-state index contributed by atoms with van der Waals surface area (Å²) in [5.74, 6) is -0.00319. The Labute approximate surface area is 155 Å². The van der Waals surface area contributed by atoms with Crippen molar-refractivity contribution in [2.24, 2.45) is 0 Å². The van der Waals surface area contributed by atoms with E-state index in [1.807, 2.05) is 48.7 Å². The van der Waals surface area contributed by atoms with Gasteiger partial charge in [0.05, 0.1) is 11.4 Å². The molecule has 1 aliphatic heterocycles.